The molecule has 7 heteroatoms. The minimum Gasteiger partial charge on any atom is -0.296 e. The van der Waals surface area contributed by atoms with Gasteiger partial charge in [0.2, 0.25) is 0 Å². The summed E-state index contributed by atoms with van der Waals surface area (Å²) in [6, 6.07) is 7.90. The Kier molecular flexibility index (Phi) is 6.56. The van der Waals surface area contributed by atoms with Crippen LogP contribution in [0.3, 0.4) is 0 Å². The molecule has 0 aliphatic heterocycles. The second-order valence-corrected chi connectivity index (χ2v) is 6.31. The Bertz CT molecular complexity index is 635. The van der Waals surface area contributed by atoms with Crippen molar-refractivity contribution in [3.05, 3.63) is 30.3 Å². The molecule has 1 aromatic rings. The Morgan fingerprint density at radius 2 is 1.91 bits per heavy atom. The van der Waals surface area contributed by atoms with Crippen LogP contribution in [0.4, 0.5) is 5.69 Å². The van der Waals surface area contributed by atoms with E-state index in [1.54, 1.807) is 51.1 Å². The Morgan fingerprint density at radius 1 is 1.32 bits per heavy atom. The van der Waals surface area contributed by atoms with Gasteiger partial charge in [-0.3, -0.25) is 9.69 Å². The zero-order chi connectivity index (χ0) is 16.8. The van der Waals surface area contributed by atoms with Crippen molar-refractivity contribution >= 4 is 21.9 Å². The van der Waals surface area contributed by atoms with E-state index in [0.717, 1.165) is 0 Å². The number of rotatable bonds is 7. The molecule has 1 atom stereocenters. The highest BCUT2D eigenvalue weighted by Crippen LogP contribution is 2.16. The van der Waals surface area contributed by atoms with Gasteiger partial charge in [0.25, 0.3) is 5.91 Å². The van der Waals surface area contributed by atoms with E-state index in [2.05, 4.69) is 10.6 Å². The van der Waals surface area contributed by atoms with Gasteiger partial charge in [0.05, 0.1) is 6.04 Å². The molecule has 120 valence electrons. The summed E-state index contributed by atoms with van der Waals surface area (Å²) in [7, 11) is -3.97. The number of hydrogen-bond donors (Lipinski definition) is 1. The average molecular weight is 324 g/mol. The molecule has 0 heterocycles. The molecule has 1 rings (SSSR count). The van der Waals surface area contributed by atoms with Crippen LogP contribution in [-0.4, -0.2) is 33.0 Å². The van der Waals surface area contributed by atoms with E-state index in [-0.39, 0.29) is 6.04 Å². The summed E-state index contributed by atoms with van der Waals surface area (Å²) in [5.41, 5.74) is 0.579. The van der Waals surface area contributed by atoms with Crippen molar-refractivity contribution in [2.24, 2.45) is 0 Å². The maximum atomic E-state index is 12.3. The number of amides is 1. The fourth-order valence-corrected chi connectivity index (χ4v) is 2.67. The molecule has 1 unspecified atom stereocenters. The minimum atomic E-state index is -3.97. The maximum absolute atomic E-state index is 12.3. The molecule has 0 aromatic heterocycles. The van der Waals surface area contributed by atoms with Gasteiger partial charge in [0, 0.05) is 11.7 Å². The van der Waals surface area contributed by atoms with E-state index in [1.165, 1.54) is 4.90 Å². The maximum Gasteiger partial charge on any atom is 0.336 e. The van der Waals surface area contributed by atoms with Crippen LogP contribution in [0.25, 0.3) is 0 Å². The van der Waals surface area contributed by atoms with Gasteiger partial charge in [-0.05, 0) is 32.9 Å². The van der Waals surface area contributed by atoms with Gasteiger partial charge in [-0.25, -0.2) is 4.18 Å². The number of nitrogens with zero attached hydrogens (tertiary/aromatic N) is 1. The number of hydrogen-bond acceptors (Lipinski definition) is 4. The van der Waals surface area contributed by atoms with E-state index >= 15 is 0 Å². The molecule has 1 aromatic carbocycles. The van der Waals surface area contributed by atoms with E-state index in [4.69, 9.17) is 10.6 Å². The molecule has 0 spiro atoms. The highest BCUT2D eigenvalue weighted by molar-refractivity contribution is 7.84. The monoisotopic (exact) mass is 324 g/mol. The molecule has 0 fully saturated rings. The predicted octanol–water partition coefficient (Wildman–Crippen LogP) is 1.30. The van der Waals surface area contributed by atoms with Gasteiger partial charge in [-0.15, -0.1) is 6.42 Å². The van der Waals surface area contributed by atoms with Crippen LogP contribution in [0.2, 0.25) is 0 Å². The van der Waals surface area contributed by atoms with Crippen molar-refractivity contribution in [3.8, 4) is 12.3 Å². The van der Waals surface area contributed by atoms with Crippen molar-refractivity contribution in [3.63, 3.8) is 0 Å². The summed E-state index contributed by atoms with van der Waals surface area (Å²) in [5.74, 6) is 1.92. The van der Waals surface area contributed by atoms with Crippen LogP contribution in [0.5, 0.6) is 0 Å². The summed E-state index contributed by atoms with van der Waals surface area (Å²) in [4.78, 5) is 13.6. The van der Waals surface area contributed by atoms with Gasteiger partial charge in [0.1, 0.15) is 6.61 Å². The topological polar surface area (TPSA) is 75.7 Å². The van der Waals surface area contributed by atoms with Crippen LogP contribution in [0.15, 0.2) is 30.3 Å². The Morgan fingerprint density at radius 3 is 2.41 bits per heavy atom. The standard InChI is InChI=1S/C15H20N2O4S/c1-5-13(4)17(14-9-7-6-8-10-14)15(18)11-21-22(19,20)16-12(2)3/h1,6-10,12-13,16H,11H2,2-4H3. The minimum absolute atomic E-state index is 0.324. The third-order valence-corrected chi connectivity index (χ3v) is 3.84. The van der Waals surface area contributed by atoms with Crippen molar-refractivity contribution < 1.29 is 17.4 Å². The number of carbonyl (C=O) groups is 1. The van der Waals surface area contributed by atoms with E-state index < -0.39 is 28.9 Å². The molecule has 0 saturated heterocycles. The summed E-state index contributed by atoms with van der Waals surface area (Å²) in [6.45, 7) is 4.35. The number of anilines is 1. The third kappa shape index (κ3) is 5.48. The summed E-state index contributed by atoms with van der Waals surface area (Å²) in [5, 5.41) is 0. The second kappa shape index (κ2) is 7.94. The van der Waals surface area contributed by atoms with Crippen LogP contribution >= 0.6 is 0 Å². The highest BCUT2D eigenvalue weighted by Gasteiger charge is 2.23. The zero-order valence-electron chi connectivity index (χ0n) is 12.8. The Balaban J connectivity index is 2.85. The van der Waals surface area contributed by atoms with Gasteiger partial charge in [0.15, 0.2) is 0 Å². The molecule has 0 aliphatic carbocycles. The Hall–Kier alpha value is -1.88. The third-order valence-electron chi connectivity index (χ3n) is 2.65. The lowest BCUT2D eigenvalue weighted by molar-refractivity contribution is -0.120. The first-order valence-electron chi connectivity index (χ1n) is 6.76. The number of terminal acetylenes is 1. The SMILES string of the molecule is C#CC(C)N(C(=O)COS(=O)(=O)NC(C)C)c1ccccc1. The normalized spacial score (nSPS) is 12.7. The van der Waals surface area contributed by atoms with Gasteiger partial charge < -0.3 is 0 Å². The predicted molar refractivity (Wildman–Crippen MR) is 85.4 cm³/mol. The Labute approximate surface area is 131 Å². The van der Waals surface area contributed by atoms with Gasteiger partial charge >= 0.3 is 10.3 Å². The second-order valence-electron chi connectivity index (χ2n) is 4.93. The average Bonchev–Trinajstić information content (AvgIpc) is 2.45. The molecular formula is C15H20N2O4S. The lowest BCUT2D eigenvalue weighted by Gasteiger charge is -2.26. The molecule has 0 bridgehead atoms. The fraction of sp³-hybridized carbons (Fsp3) is 0.400. The molecular weight excluding hydrogens is 304 g/mol. The molecule has 0 saturated carbocycles. The van der Waals surface area contributed by atoms with Crippen molar-refractivity contribution in [2.45, 2.75) is 32.9 Å². The molecule has 0 radical (unpaired) electrons. The first kappa shape index (κ1) is 18.2. The van der Waals surface area contributed by atoms with E-state index in [0.29, 0.717) is 5.69 Å². The zero-order valence-corrected chi connectivity index (χ0v) is 13.6. The molecule has 6 nitrogen and oxygen atoms in total. The number of para-hydroxylation sites is 1. The van der Waals surface area contributed by atoms with Crippen molar-refractivity contribution in [1.29, 1.82) is 0 Å². The van der Waals surface area contributed by atoms with Crippen LogP contribution in [-0.2, 0) is 19.3 Å². The quantitative estimate of drug-likeness (QED) is 0.767. The van der Waals surface area contributed by atoms with Crippen LogP contribution < -0.4 is 9.62 Å². The van der Waals surface area contributed by atoms with E-state index in [1.807, 2.05) is 0 Å². The van der Waals surface area contributed by atoms with Crippen molar-refractivity contribution in [1.82, 2.24) is 4.72 Å². The van der Waals surface area contributed by atoms with Crippen LogP contribution in [0, 0.1) is 12.3 Å². The fourth-order valence-electron chi connectivity index (χ4n) is 1.77. The summed E-state index contributed by atoms with van der Waals surface area (Å²) in [6.07, 6.45) is 5.38. The lowest BCUT2D eigenvalue weighted by atomic mass is 10.2. The van der Waals surface area contributed by atoms with Crippen molar-refractivity contribution in [2.75, 3.05) is 11.5 Å². The molecule has 0 aliphatic rings. The molecule has 1 amide bonds. The lowest BCUT2D eigenvalue weighted by Crippen LogP contribution is -2.42. The summed E-state index contributed by atoms with van der Waals surface area (Å²) >= 11 is 0. The summed E-state index contributed by atoms with van der Waals surface area (Å²) < 4.78 is 30.1. The molecule has 22 heavy (non-hydrogen) atoms. The highest BCUT2D eigenvalue weighted by atomic mass is 32.2. The smallest absolute Gasteiger partial charge is 0.296 e. The first-order chi connectivity index (χ1) is 10.3. The van der Waals surface area contributed by atoms with Gasteiger partial charge in [-0.2, -0.15) is 13.1 Å². The number of nitrogens with one attached hydrogen (secondary N) is 1. The number of benzene rings is 1. The van der Waals surface area contributed by atoms with Crippen LogP contribution in [0.1, 0.15) is 20.8 Å². The number of carbonyl (C=O) groups excluding carboxylic acids is 1. The van der Waals surface area contributed by atoms with E-state index in [9.17, 15) is 13.2 Å². The van der Waals surface area contributed by atoms with Gasteiger partial charge in [-0.1, -0.05) is 24.1 Å². The largest absolute Gasteiger partial charge is 0.336 e. The first-order valence-corrected chi connectivity index (χ1v) is 8.17. The molecule has 1 N–H and O–H groups in total.